The van der Waals surface area contributed by atoms with Gasteiger partial charge < -0.3 is 15.1 Å². The maximum Gasteiger partial charge on any atom is 0.191 e. The highest BCUT2D eigenvalue weighted by Crippen LogP contribution is 2.12. The van der Waals surface area contributed by atoms with Gasteiger partial charge >= 0.3 is 0 Å². The van der Waals surface area contributed by atoms with Crippen molar-refractivity contribution in [1.29, 1.82) is 0 Å². The number of nitrogens with zero attached hydrogens (tertiary/aromatic N) is 3. The number of halogens is 1. The molecular weight excluding hydrogens is 429 g/mol. The fourth-order valence-electron chi connectivity index (χ4n) is 2.52. The fourth-order valence-corrected chi connectivity index (χ4v) is 2.52. The topological polar surface area (TPSA) is 67.4 Å². The highest BCUT2D eigenvalue weighted by atomic mass is 127. The van der Waals surface area contributed by atoms with Gasteiger partial charge in [0.15, 0.2) is 5.96 Å². The molecule has 0 aliphatic heterocycles. The van der Waals surface area contributed by atoms with Crippen LogP contribution in [-0.2, 0) is 20.0 Å². The summed E-state index contributed by atoms with van der Waals surface area (Å²) in [5.41, 5.74) is 3.40. The standard InChI is InChI=1S/C18H29N5O.HI/c1-5-6-10-19-18(20-11-9-16-8-7-12-24-16)21-13-17-14(2)22-23(4)15(17)3;/h7-8,12H,5-6,9-11,13H2,1-4H3,(H2,19,20,21);1H. The summed E-state index contributed by atoms with van der Waals surface area (Å²) in [6.45, 7) is 8.65. The Labute approximate surface area is 167 Å². The first-order valence-corrected chi connectivity index (χ1v) is 8.65. The molecule has 0 spiro atoms. The average Bonchev–Trinajstić information content (AvgIpc) is 3.15. The fraction of sp³-hybridized carbons (Fsp3) is 0.556. The van der Waals surface area contributed by atoms with E-state index in [1.165, 1.54) is 11.3 Å². The Bertz CT molecular complexity index is 649. The SMILES string of the molecule is CCCCNC(=NCc1c(C)nn(C)c1C)NCCc1ccco1.I. The second-order valence-electron chi connectivity index (χ2n) is 5.97. The Hall–Kier alpha value is -1.51. The number of aromatic nitrogens is 2. The lowest BCUT2D eigenvalue weighted by Crippen LogP contribution is -2.39. The minimum Gasteiger partial charge on any atom is -0.469 e. The lowest BCUT2D eigenvalue weighted by atomic mass is 10.2. The lowest BCUT2D eigenvalue weighted by Gasteiger charge is -2.12. The van der Waals surface area contributed by atoms with Crippen molar-refractivity contribution in [3.05, 3.63) is 41.1 Å². The zero-order valence-electron chi connectivity index (χ0n) is 15.6. The first kappa shape index (κ1) is 21.5. The highest BCUT2D eigenvalue weighted by Gasteiger charge is 2.09. The Kier molecular flexibility index (Phi) is 9.62. The molecule has 2 N–H and O–H groups in total. The largest absolute Gasteiger partial charge is 0.469 e. The quantitative estimate of drug-likeness (QED) is 0.275. The van der Waals surface area contributed by atoms with E-state index in [-0.39, 0.29) is 24.0 Å². The molecule has 2 heterocycles. The third kappa shape index (κ3) is 6.72. The molecule has 0 amide bonds. The van der Waals surface area contributed by atoms with Crippen LogP contribution in [0.2, 0.25) is 0 Å². The van der Waals surface area contributed by atoms with E-state index in [4.69, 9.17) is 9.41 Å². The second-order valence-corrected chi connectivity index (χ2v) is 5.97. The van der Waals surface area contributed by atoms with Crippen molar-refractivity contribution in [3.63, 3.8) is 0 Å². The Morgan fingerprint density at radius 3 is 2.64 bits per heavy atom. The number of guanidine groups is 1. The molecule has 0 aromatic carbocycles. The molecule has 0 bridgehead atoms. The number of rotatable bonds is 8. The zero-order valence-corrected chi connectivity index (χ0v) is 18.0. The predicted molar refractivity (Wildman–Crippen MR) is 113 cm³/mol. The van der Waals surface area contributed by atoms with Crippen LogP contribution in [0, 0.1) is 13.8 Å². The summed E-state index contributed by atoms with van der Waals surface area (Å²) in [7, 11) is 1.97. The minimum atomic E-state index is 0. The third-order valence-electron chi connectivity index (χ3n) is 4.12. The van der Waals surface area contributed by atoms with Crippen molar-refractivity contribution < 1.29 is 4.42 Å². The zero-order chi connectivity index (χ0) is 17.4. The van der Waals surface area contributed by atoms with Crippen LogP contribution < -0.4 is 10.6 Å². The summed E-state index contributed by atoms with van der Waals surface area (Å²) in [4.78, 5) is 4.73. The van der Waals surface area contributed by atoms with Crippen LogP contribution in [0.15, 0.2) is 27.8 Å². The van der Waals surface area contributed by atoms with Crippen molar-refractivity contribution in [2.75, 3.05) is 13.1 Å². The van der Waals surface area contributed by atoms with Crippen LogP contribution >= 0.6 is 24.0 Å². The number of unbranched alkanes of at least 4 members (excludes halogenated alkanes) is 1. The van der Waals surface area contributed by atoms with Crippen LogP contribution in [0.25, 0.3) is 0 Å². The molecule has 0 fully saturated rings. The number of nitrogens with one attached hydrogen (secondary N) is 2. The normalized spacial score (nSPS) is 11.3. The molecule has 2 aromatic rings. The average molecular weight is 459 g/mol. The van der Waals surface area contributed by atoms with Crippen molar-refractivity contribution in [1.82, 2.24) is 20.4 Å². The maximum atomic E-state index is 5.37. The summed E-state index contributed by atoms with van der Waals surface area (Å²) in [5.74, 6) is 1.83. The van der Waals surface area contributed by atoms with Crippen LogP contribution in [0.1, 0.15) is 42.5 Å². The number of aryl methyl sites for hydroxylation is 2. The van der Waals surface area contributed by atoms with Gasteiger partial charge in [-0.25, -0.2) is 4.99 Å². The third-order valence-corrected chi connectivity index (χ3v) is 4.12. The number of furan rings is 1. The number of hydrogen-bond donors (Lipinski definition) is 2. The van der Waals surface area contributed by atoms with E-state index in [0.29, 0.717) is 6.54 Å². The van der Waals surface area contributed by atoms with E-state index in [0.717, 1.165) is 49.8 Å². The molecule has 6 nitrogen and oxygen atoms in total. The van der Waals surface area contributed by atoms with Crippen LogP contribution in [0.5, 0.6) is 0 Å². The van der Waals surface area contributed by atoms with Crippen molar-refractivity contribution in [2.45, 2.75) is 46.6 Å². The summed E-state index contributed by atoms with van der Waals surface area (Å²) in [6, 6.07) is 3.91. The summed E-state index contributed by atoms with van der Waals surface area (Å²) in [5, 5.41) is 11.2. The Morgan fingerprint density at radius 2 is 2.04 bits per heavy atom. The predicted octanol–water partition coefficient (Wildman–Crippen LogP) is 3.33. The van der Waals surface area contributed by atoms with Gasteiger partial charge in [-0.3, -0.25) is 4.68 Å². The molecule has 2 rings (SSSR count). The van der Waals surface area contributed by atoms with Crippen LogP contribution in [-0.4, -0.2) is 28.8 Å². The van der Waals surface area contributed by atoms with Crippen molar-refractivity contribution in [3.8, 4) is 0 Å². The summed E-state index contributed by atoms with van der Waals surface area (Å²) in [6.07, 6.45) is 4.83. The molecule has 0 saturated heterocycles. The smallest absolute Gasteiger partial charge is 0.191 e. The van der Waals surface area contributed by atoms with E-state index in [2.05, 4.69) is 29.6 Å². The van der Waals surface area contributed by atoms with Gasteiger partial charge in [0.1, 0.15) is 5.76 Å². The Balaban J connectivity index is 0.00000312. The molecule has 0 atom stereocenters. The molecule has 25 heavy (non-hydrogen) atoms. The van der Waals surface area contributed by atoms with Gasteiger partial charge in [-0.15, -0.1) is 24.0 Å². The van der Waals surface area contributed by atoms with Crippen LogP contribution in [0.3, 0.4) is 0 Å². The Morgan fingerprint density at radius 1 is 1.28 bits per heavy atom. The van der Waals surface area contributed by atoms with Gasteiger partial charge in [-0.1, -0.05) is 13.3 Å². The molecule has 0 unspecified atom stereocenters. The highest BCUT2D eigenvalue weighted by molar-refractivity contribution is 14.0. The van der Waals surface area contributed by atoms with Gasteiger partial charge in [0.05, 0.1) is 18.5 Å². The summed E-state index contributed by atoms with van der Waals surface area (Å²) >= 11 is 0. The van der Waals surface area contributed by atoms with Gasteiger partial charge in [-0.2, -0.15) is 5.10 Å². The van der Waals surface area contributed by atoms with Gasteiger partial charge in [0.2, 0.25) is 0 Å². The molecule has 0 radical (unpaired) electrons. The van der Waals surface area contributed by atoms with E-state index in [1.54, 1.807) is 6.26 Å². The molecular formula is C18H30IN5O. The number of aliphatic imine (C=N–C) groups is 1. The van der Waals surface area contributed by atoms with E-state index in [9.17, 15) is 0 Å². The van der Waals surface area contributed by atoms with Gasteiger partial charge in [0.25, 0.3) is 0 Å². The van der Waals surface area contributed by atoms with E-state index < -0.39 is 0 Å². The first-order valence-electron chi connectivity index (χ1n) is 8.65. The first-order chi connectivity index (χ1) is 11.6. The van der Waals surface area contributed by atoms with E-state index >= 15 is 0 Å². The molecule has 0 aliphatic rings. The molecule has 7 heteroatoms. The molecule has 0 saturated carbocycles. The van der Waals surface area contributed by atoms with Gasteiger partial charge in [-0.05, 0) is 32.4 Å². The minimum absolute atomic E-state index is 0. The van der Waals surface area contributed by atoms with E-state index in [1.807, 2.05) is 30.8 Å². The van der Waals surface area contributed by atoms with Crippen molar-refractivity contribution in [2.24, 2.45) is 12.0 Å². The number of hydrogen-bond acceptors (Lipinski definition) is 3. The molecule has 0 aliphatic carbocycles. The lowest BCUT2D eigenvalue weighted by molar-refractivity contribution is 0.506. The maximum absolute atomic E-state index is 5.37. The molecule has 2 aromatic heterocycles. The van der Waals surface area contributed by atoms with Gasteiger partial charge in [0, 0.05) is 37.8 Å². The monoisotopic (exact) mass is 459 g/mol. The summed E-state index contributed by atoms with van der Waals surface area (Å²) < 4.78 is 7.28. The van der Waals surface area contributed by atoms with Crippen LogP contribution in [0.4, 0.5) is 0 Å². The second kappa shape index (κ2) is 11.2. The molecule has 140 valence electrons. The van der Waals surface area contributed by atoms with Crippen molar-refractivity contribution >= 4 is 29.9 Å².